The molecular formula is C24H26O3. The first-order valence-electron chi connectivity index (χ1n) is 9.33. The summed E-state index contributed by atoms with van der Waals surface area (Å²) in [5.74, 6) is 1.32. The Balaban J connectivity index is 1.83. The molecule has 0 aliphatic heterocycles. The van der Waals surface area contributed by atoms with Crippen LogP contribution in [0.5, 0.6) is 11.5 Å². The number of hydrogen-bond donors (Lipinski definition) is 0. The molecule has 0 unspecified atom stereocenters. The van der Waals surface area contributed by atoms with Crippen LogP contribution in [0, 0.1) is 12.3 Å². The lowest BCUT2D eigenvalue weighted by molar-refractivity contribution is -0.155. The fourth-order valence-corrected chi connectivity index (χ4v) is 2.80. The van der Waals surface area contributed by atoms with Gasteiger partial charge in [0.25, 0.3) is 0 Å². The third-order valence-electron chi connectivity index (χ3n) is 5.03. The zero-order chi connectivity index (χ0) is 19.4. The Morgan fingerprint density at radius 2 is 1.70 bits per heavy atom. The van der Waals surface area contributed by atoms with Crippen molar-refractivity contribution in [3.8, 4) is 11.5 Å². The summed E-state index contributed by atoms with van der Waals surface area (Å²) in [5.41, 5.74) is 1.39. The van der Waals surface area contributed by atoms with Gasteiger partial charge in [-0.3, -0.25) is 4.79 Å². The molecule has 3 nitrogen and oxygen atoms in total. The maximum Gasteiger partial charge on any atom is 0.311 e. The lowest BCUT2D eigenvalue weighted by Gasteiger charge is -2.21. The number of aryl methyl sites for hydroxylation is 1. The van der Waals surface area contributed by atoms with Crippen molar-refractivity contribution in [3.63, 3.8) is 0 Å². The standard InChI is InChI=1S/C24H26O3/c1-5-24(3,4)23(25)26-16-20-12-8-9-17(2)22(20)27-21-14-13-18-10-6-7-11-19(18)15-21/h6-15H,5,16H2,1-4H3. The van der Waals surface area contributed by atoms with Crippen molar-refractivity contribution in [1.82, 2.24) is 0 Å². The summed E-state index contributed by atoms with van der Waals surface area (Å²) in [6, 6.07) is 20.1. The molecule has 0 amide bonds. The predicted octanol–water partition coefficient (Wildman–Crippen LogP) is 6.42. The van der Waals surface area contributed by atoms with E-state index in [9.17, 15) is 4.79 Å². The topological polar surface area (TPSA) is 35.5 Å². The highest BCUT2D eigenvalue weighted by molar-refractivity contribution is 5.83. The first-order valence-corrected chi connectivity index (χ1v) is 9.33. The summed E-state index contributed by atoms with van der Waals surface area (Å²) < 4.78 is 11.8. The molecule has 0 atom stereocenters. The van der Waals surface area contributed by atoms with E-state index < -0.39 is 5.41 Å². The summed E-state index contributed by atoms with van der Waals surface area (Å²) in [6.45, 7) is 7.99. The van der Waals surface area contributed by atoms with E-state index in [-0.39, 0.29) is 12.6 Å². The minimum absolute atomic E-state index is 0.192. The van der Waals surface area contributed by atoms with Crippen LogP contribution in [0.2, 0.25) is 0 Å². The fraction of sp³-hybridized carbons (Fsp3) is 0.292. The highest BCUT2D eigenvalue weighted by atomic mass is 16.5. The Kier molecular flexibility index (Phi) is 5.50. The number of esters is 1. The normalized spacial score (nSPS) is 11.4. The second-order valence-electron chi connectivity index (χ2n) is 7.49. The van der Waals surface area contributed by atoms with Gasteiger partial charge in [0, 0.05) is 5.56 Å². The van der Waals surface area contributed by atoms with Crippen LogP contribution in [0.1, 0.15) is 38.3 Å². The number of ether oxygens (including phenoxy) is 2. The van der Waals surface area contributed by atoms with Crippen LogP contribution < -0.4 is 4.74 Å². The van der Waals surface area contributed by atoms with Crippen LogP contribution in [-0.4, -0.2) is 5.97 Å². The van der Waals surface area contributed by atoms with Gasteiger partial charge in [-0.1, -0.05) is 55.5 Å². The lowest BCUT2D eigenvalue weighted by atomic mass is 9.91. The van der Waals surface area contributed by atoms with E-state index in [0.717, 1.165) is 34.4 Å². The van der Waals surface area contributed by atoms with Crippen molar-refractivity contribution in [2.45, 2.75) is 40.7 Å². The van der Waals surface area contributed by atoms with Crippen LogP contribution in [0.4, 0.5) is 0 Å². The van der Waals surface area contributed by atoms with Gasteiger partial charge in [-0.05, 0) is 55.7 Å². The molecule has 0 aliphatic carbocycles. The number of hydrogen-bond acceptors (Lipinski definition) is 3. The molecule has 0 fully saturated rings. The van der Waals surface area contributed by atoms with Crippen LogP contribution in [0.15, 0.2) is 60.7 Å². The van der Waals surface area contributed by atoms with Crippen molar-refractivity contribution >= 4 is 16.7 Å². The number of fused-ring (bicyclic) bond motifs is 1. The Morgan fingerprint density at radius 3 is 2.44 bits per heavy atom. The minimum Gasteiger partial charge on any atom is -0.460 e. The number of para-hydroxylation sites is 1. The van der Waals surface area contributed by atoms with Gasteiger partial charge in [0.2, 0.25) is 0 Å². The summed E-state index contributed by atoms with van der Waals surface area (Å²) in [4.78, 5) is 12.3. The van der Waals surface area contributed by atoms with Gasteiger partial charge in [-0.15, -0.1) is 0 Å². The smallest absolute Gasteiger partial charge is 0.311 e. The number of carbonyl (C=O) groups is 1. The van der Waals surface area contributed by atoms with E-state index in [1.54, 1.807) is 0 Å². The summed E-state index contributed by atoms with van der Waals surface area (Å²) in [5, 5.41) is 2.30. The molecule has 0 bridgehead atoms. The number of carbonyl (C=O) groups excluding carboxylic acids is 1. The van der Waals surface area contributed by atoms with Gasteiger partial charge < -0.3 is 9.47 Å². The van der Waals surface area contributed by atoms with Crippen molar-refractivity contribution in [2.75, 3.05) is 0 Å². The van der Waals surface area contributed by atoms with Gasteiger partial charge in [0.05, 0.1) is 5.41 Å². The molecule has 0 aromatic heterocycles. The molecule has 0 radical (unpaired) electrons. The predicted molar refractivity (Wildman–Crippen MR) is 109 cm³/mol. The van der Waals surface area contributed by atoms with E-state index in [1.165, 1.54) is 5.39 Å². The molecule has 0 aliphatic rings. The molecule has 27 heavy (non-hydrogen) atoms. The molecule has 3 aromatic rings. The van der Waals surface area contributed by atoms with Crippen molar-refractivity contribution < 1.29 is 14.3 Å². The second-order valence-corrected chi connectivity index (χ2v) is 7.49. The van der Waals surface area contributed by atoms with Crippen LogP contribution in [0.25, 0.3) is 10.8 Å². The third-order valence-corrected chi connectivity index (χ3v) is 5.03. The third kappa shape index (κ3) is 4.30. The molecule has 0 spiro atoms. The Labute approximate surface area is 160 Å². The highest BCUT2D eigenvalue weighted by Crippen LogP contribution is 2.32. The van der Waals surface area contributed by atoms with Crippen LogP contribution >= 0.6 is 0 Å². The van der Waals surface area contributed by atoms with Gasteiger partial charge in [-0.25, -0.2) is 0 Å². The molecule has 0 saturated heterocycles. The SMILES string of the molecule is CCC(C)(C)C(=O)OCc1cccc(C)c1Oc1ccc2ccccc2c1. The molecular weight excluding hydrogens is 336 g/mol. The first-order chi connectivity index (χ1) is 12.9. The maximum atomic E-state index is 12.3. The molecule has 0 saturated carbocycles. The summed E-state index contributed by atoms with van der Waals surface area (Å²) in [6.07, 6.45) is 0.736. The molecule has 3 aromatic carbocycles. The van der Waals surface area contributed by atoms with Gasteiger partial charge in [0.15, 0.2) is 0 Å². The largest absolute Gasteiger partial charge is 0.460 e. The average Bonchev–Trinajstić information content (AvgIpc) is 2.68. The minimum atomic E-state index is -0.483. The van der Waals surface area contributed by atoms with Crippen LogP contribution in [0.3, 0.4) is 0 Å². The zero-order valence-electron chi connectivity index (χ0n) is 16.4. The zero-order valence-corrected chi connectivity index (χ0v) is 16.4. The lowest BCUT2D eigenvalue weighted by Crippen LogP contribution is -2.25. The average molecular weight is 362 g/mol. The molecule has 3 heteroatoms. The van der Waals surface area contributed by atoms with Crippen molar-refractivity contribution in [2.24, 2.45) is 5.41 Å². The van der Waals surface area contributed by atoms with Gasteiger partial charge in [-0.2, -0.15) is 0 Å². The van der Waals surface area contributed by atoms with Crippen LogP contribution in [-0.2, 0) is 16.1 Å². The summed E-state index contributed by atoms with van der Waals surface area (Å²) >= 11 is 0. The Hall–Kier alpha value is -2.81. The fourth-order valence-electron chi connectivity index (χ4n) is 2.80. The highest BCUT2D eigenvalue weighted by Gasteiger charge is 2.27. The Bertz CT molecular complexity index is 957. The van der Waals surface area contributed by atoms with E-state index in [2.05, 4.69) is 12.1 Å². The molecule has 3 rings (SSSR count). The van der Waals surface area contributed by atoms with Gasteiger partial charge in [0.1, 0.15) is 18.1 Å². The van der Waals surface area contributed by atoms with E-state index in [0.29, 0.717) is 0 Å². The summed E-state index contributed by atoms with van der Waals surface area (Å²) in [7, 11) is 0. The van der Waals surface area contributed by atoms with E-state index >= 15 is 0 Å². The van der Waals surface area contributed by atoms with Gasteiger partial charge >= 0.3 is 5.97 Å². The Morgan fingerprint density at radius 1 is 0.963 bits per heavy atom. The molecule has 140 valence electrons. The van der Waals surface area contributed by atoms with E-state index in [1.807, 2.05) is 76.2 Å². The van der Waals surface area contributed by atoms with Crippen molar-refractivity contribution in [1.29, 1.82) is 0 Å². The van der Waals surface area contributed by atoms with Crippen molar-refractivity contribution in [3.05, 3.63) is 71.8 Å². The first kappa shape index (κ1) is 19.0. The number of benzene rings is 3. The quantitative estimate of drug-likeness (QED) is 0.475. The molecule has 0 heterocycles. The molecule has 0 N–H and O–H groups in total. The van der Waals surface area contributed by atoms with E-state index in [4.69, 9.17) is 9.47 Å². The monoisotopic (exact) mass is 362 g/mol. The second kappa shape index (κ2) is 7.83. The number of rotatable bonds is 6. The maximum absolute atomic E-state index is 12.3.